The van der Waals surface area contributed by atoms with E-state index in [1.165, 1.54) is 72.8 Å². The Hall–Kier alpha value is -8.85. The fourth-order valence-corrected chi connectivity index (χ4v) is 10.3. The van der Waals surface area contributed by atoms with Gasteiger partial charge in [0.2, 0.25) is 0 Å². The van der Waals surface area contributed by atoms with Crippen molar-refractivity contribution in [2.75, 3.05) is 0 Å². The Morgan fingerprint density at radius 1 is 0.389 bits per heavy atom. The predicted octanol–water partition coefficient (Wildman–Crippen LogP) is 8.98. The Balaban J connectivity index is 1.49. The summed E-state index contributed by atoms with van der Waals surface area (Å²) in [5.41, 5.74) is 7.07. The highest BCUT2D eigenvalue weighted by molar-refractivity contribution is 7.86. The normalized spacial score (nSPS) is 12.0. The van der Waals surface area contributed by atoms with Crippen molar-refractivity contribution in [1.82, 2.24) is 28.7 Å². The van der Waals surface area contributed by atoms with Gasteiger partial charge in [0.05, 0.1) is 49.6 Å². The van der Waals surface area contributed by atoms with Crippen LogP contribution in [-0.2, 0) is 30.4 Å². The Morgan fingerprint density at radius 3 is 0.819 bits per heavy atom. The van der Waals surface area contributed by atoms with Gasteiger partial charge in [-0.15, -0.1) is 0 Å². The highest BCUT2D eigenvalue weighted by Crippen LogP contribution is 2.45. The molecule has 0 saturated carbocycles. The van der Waals surface area contributed by atoms with Crippen molar-refractivity contribution in [1.29, 1.82) is 15.8 Å². The third-order valence-corrected chi connectivity index (χ3v) is 14.9. The van der Waals surface area contributed by atoms with Crippen LogP contribution in [0.2, 0.25) is 0 Å². The van der Waals surface area contributed by atoms with Crippen LogP contribution in [0.3, 0.4) is 0 Å². The first kappa shape index (κ1) is 46.9. The molecule has 0 aliphatic carbocycles. The van der Waals surface area contributed by atoms with Crippen LogP contribution in [0.1, 0.15) is 33.4 Å². The largest absolute Gasteiger partial charge is 0.294 e. The minimum atomic E-state index is -4.66. The van der Waals surface area contributed by atoms with Gasteiger partial charge in [-0.1, -0.05) is 0 Å². The van der Waals surface area contributed by atoms with Crippen molar-refractivity contribution in [2.45, 2.75) is 35.5 Å². The van der Waals surface area contributed by atoms with E-state index < -0.39 is 45.0 Å². The third-order valence-electron chi connectivity index (χ3n) is 12.3. The van der Waals surface area contributed by atoms with Gasteiger partial charge in [0, 0.05) is 33.8 Å². The number of rotatable bonds is 9. The molecule has 72 heavy (non-hydrogen) atoms. The van der Waals surface area contributed by atoms with Crippen molar-refractivity contribution in [3.8, 4) is 69.4 Å². The van der Waals surface area contributed by atoms with E-state index in [9.17, 15) is 54.7 Å². The molecule has 18 nitrogen and oxygen atoms in total. The van der Waals surface area contributed by atoms with Crippen LogP contribution < -0.4 is 0 Å². The molecule has 3 N–H and O–H groups in total. The zero-order valence-corrected chi connectivity index (χ0v) is 40.1. The third kappa shape index (κ3) is 7.82. The molecule has 0 aliphatic heterocycles. The van der Waals surface area contributed by atoms with E-state index in [0.29, 0.717) is 83.7 Å². The van der Waals surface area contributed by atoms with E-state index >= 15 is 0 Å². The summed E-state index contributed by atoms with van der Waals surface area (Å²) in [7, 11) is -14.0. The topological polar surface area (TPSA) is 288 Å². The summed E-state index contributed by atoms with van der Waals surface area (Å²) in [6, 6.07) is 37.9. The molecule has 10 aromatic rings. The SMILES string of the molecule is Cc1cc(-c2nc3c(c4nc(-c5ccc(C#N)c(C)c5)n(-c5ccc(S(=O)(=O)O)cc5)c4c4nc(-c5ccc(C#N)c(C)c5)n(-c5ccc(S(=O)(=O)O)cc5)c34)n2-c2ccc(S(=O)(=O)O)cc2)ccc1C#N. The summed E-state index contributed by atoms with van der Waals surface area (Å²) in [5, 5.41) is 29.8. The maximum atomic E-state index is 12.4. The molecule has 0 aliphatic rings. The Bertz CT molecular complexity index is 3980. The highest BCUT2D eigenvalue weighted by atomic mass is 32.2. The molecule has 0 unspecified atom stereocenters. The van der Waals surface area contributed by atoms with Gasteiger partial charge in [-0.2, -0.15) is 41.0 Å². The lowest BCUT2D eigenvalue weighted by Crippen LogP contribution is -2.03. The van der Waals surface area contributed by atoms with Crippen LogP contribution in [0.25, 0.3) is 84.3 Å². The van der Waals surface area contributed by atoms with Gasteiger partial charge < -0.3 is 0 Å². The van der Waals surface area contributed by atoms with Crippen molar-refractivity contribution in [3.63, 3.8) is 0 Å². The number of nitriles is 3. The van der Waals surface area contributed by atoms with Gasteiger partial charge in [-0.05, 0) is 165 Å². The Morgan fingerprint density at radius 2 is 0.625 bits per heavy atom. The first-order valence-electron chi connectivity index (χ1n) is 21.4. The summed E-state index contributed by atoms with van der Waals surface area (Å²) in [6.45, 7) is 5.26. The molecule has 0 bridgehead atoms. The first-order chi connectivity index (χ1) is 34.2. The van der Waals surface area contributed by atoms with Crippen LogP contribution in [0.15, 0.2) is 142 Å². The predicted molar refractivity (Wildman–Crippen MR) is 264 cm³/mol. The molecule has 0 spiro atoms. The summed E-state index contributed by atoms with van der Waals surface area (Å²) in [4.78, 5) is 14.9. The van der Waals surface area contributed by atoms with Gasteiger partial charge in [-0.3, -0.25) is 27.4 Å². The van der Waals surface area contributed by atoms with Gasteiger partial charge in [-0.25, -0.2) is 15.0 Å². The second-order valence-corrected chi connectivity index (χ2v) is 21.0. The van der Waals surface area contributed by atoms with Crippen LogP contribution in [0, 0.1) is 54.8 Å². The van der Waals surface area contributed by atoms with E-state index in [0.717, 1.165) is 0 Å². The number of aryl methyl sites for hydroxylation is 3. The minimum Gasteiger partial charge on any atom is -0.290 e. The average Bonchev–Trinajstić information content (AvgIpc) is 4.06. The zero-order valence-electron chi connectivity index (χ0n) is 37.7. The number of benzene rings is 7. The molecule has 7 aromatic carbocycles. The molecular weight excluding hydrogens is 979 g/mol. The molecule has 354 valence electrons. The maximum Gasteiger partial charge on any atom is 0.294 e. The molecule has 3 aromatic heterocycles. The lowest BCUT2D eigenvalue weighted by Gasteiger charge is -2.13. The number of fused-ring (bicyclic) bond motifs is 6. The quantitative estimate of drug-likeness (QED) is 0.114. The minimum absolute atomic E-state index is 0.241. The lowest BCUT2D eigenvalue weighted by atomic mass is 10.1. The summed E-state index contributed by atoms with van der Waals surface area (Å²) in [6.07, 6.45) is 0. The van der Waals surface area contributed by atoms with Crippen LogP contribution in [-0.4, -0.2) is 67.6 Å². The fraction of sp³-hybridized carbons (Fsp3) is 0.0588. The van der Waals surface area contributed by atoms with Gasteiger partial charge >= 0.3 is 0 Å². The van der Waals surface area contributed by atoms with E-state index in [2.05, 4.69) is 18.2 Å². The molecular formula is C51H33N9O9S3. The Labute approximate surface area is 410 Å². The molecule has 10 rings (SSSR count). The summed E-state index contributed by atoms with van der Waals surface area (Å²) < 4.78 is 110. The molecule has 0 atom stereocenters. The molecule has 21 heteroatoms. The second kappa shape index (κ2) is 16.9. The number of aromatic nitrogens is 6. The lowest BCUT2D eigenvalue weighted by molar-refractivity contribution is 0.481. The number of hydrogen-bond donors (Lipinski definition) is 3. The zero-order chi connectivity index (χ0) is 51.2. The van der Waals surface area contributed by atoms with Crippen LogP contribution >= 0.6 is 0 Å². The maximum absolute atomic E-state index is 12.4. The summed E-state index contributed by atoms with van der Waals surface area (Å²) >= 11 is 0. The standard InChI is InChI=1S/C51H33N9O9S3/c1-28-22-31(4-7-34(28)25-52)49-55-43-46(58(49)37-10-16-40(17-11-37)70(61,62)63)44-48(60(39-14-20-42(21-15-39)72(67,68)69)50(56-44)32-5-8-35(26-53)29(2)23-32)45-47(43)59(38-12-18-41(19-13-38)71(64,65)66)51(57-45)33-6-9-36(27-54)30(3)24-33/h4-24H,1-3H3,(H,61,62,63)(H,64,65,66)(H,67,68,69). The first-order valence-corrected chi connectivity index (χ1v) is 25.7. The van der Waals surface area contributed by atoms with E-state index in [1.54, 1.807) is 89.1 Å². The molecule has 0 amide bonds. The number of hydrogen-bond acceptors (Lipinski definition) is 12. The van der Waals surface area contributed by atoms with E-state index in [1.807, 2.05) is 0 Å². The van der Waals surface area contributed by atoms with Crippen molar-refractivity contribution >= 4 is 63.5 Å². The molecule has 0 radical (unpaired) electrons. The molecule has 3 heterocycles. The van der Waals surface area contributed by atoms with E-state index in [4.69, 9.17) is 15.0 Å². The molecule has 0 saturated heterocycles. The Kier molecular flexibility index (Phi) is 11.0. The second-order valence-electron chi connectivity index (χ2n) is 16.7. The highest BCUT2D eigenvalue weighted by Gasteiger charge is 2.31. The van der Waals surface area contributed by atoms with Crippen molar-refractivity contribution < 1.29 is 38.9 Å². The van der Waals surface area contributed by atoms with Crippen LogP contribution in [0.5, 0.6) is 0 Å². The van der Waals surface area contributed by atoms with Crippen LogP contribution in [0.4, 0.5) is 0 Å². The van der Waals surface area contributed by atoms with Gasteiger partial charge in [0.1, 0.15) is 50.6 Å². The monoisotopic (exact) mass is 1010 g/mol. The average molecular weight is 1010 g/mol. The van der Waals surface area contributed by atoms with E-state index in [-0.39, 0.29) is 34.0 Å². The van der Waals surface area contributed by atoms with Gasteiger partial charge in [0.15, 0.2) is 0 Å². The number of nitrogens with zero attached hydrogens (tertiary/aromatic N) is 9. The summed E-state index contributed by atoms with van der Waals surface area (Å²) in [5.74, 6) is 0.789. The van der Waals surface area contributed by atoms with Crippen molar-refractivity contribution in [3.05, 3.63) is 161 Å². The van der Waals surface area contributed by atoms with Crippen molar-refractivity contribution in [2.24, 2.45) is 0 Å². The fourth-order valence-electron chi connectivity index (χ4n) is 8.83. The molecule has 0 fully saturated rings. The smallest absolute Gasteiger partial charge is 0.290 e. The number of imidazole rings is 3. The van der Waals surface area contributed by atoms with Gasteiger partial charge in [0.25, 0.3) is 30.4 Å².